The van der Waals surface area contributed by atoms with Crippen molar-refractivity contribution in [2.24, 2.45) is 5.92 Å². The summed E-state index contributed by atoms with van der Waals surface area (Å²) in [5.41, 5.74) is 2.66. The Balaban J connectivity index is 2.11. The first kappa shape index (κ1) is 12.7. The number of carbonyl (C=O) groups is 1. The van der Waals surface area contributed by atoms with Crippen molar-refractivity contribution < 1.29 is 9.90 Å². The van der Waals surface area contributed by atoms with Gasteiger partial charge < -0.3 is 10.4 Å². The molecule has 2 rings (SSSR count). The highest BCUT2D eigenvalue weighted by molar-refractivity contribution is 5.93. The lowest BCUT2D eigenvalue weighted by molar-refractivity contribution is -0.122. The summed E-state index contributed by atoms with van der Waals surface area (Å²) in [6.07, 6.45) is 3.14. The van der Waals surface area contributed by atoms with Crippen LogP contribution >= 0.6 is 0 Å². The van der Waals surface area contributed by atoms with E-state index in [9.17, 15) is 4.79 Å². The quantitative estimate of drug-likeness (QED) is 0.781. The van der Waals surface area contributed by atoms with Gasteiger partial charge in [-0.3, -0.25) is 4.79 Å². The van der Waals surface area contributed by atoms with Crippen LogP contribution in [0.25, 0.3) is 0 Å². The average molecular weight is 243 g/mol. The molecule has 0 heterocycles. The number of benzene rings is 1. The van der Waals surface area contributed by atoms with Gasteiger partial charge in [0.25, 0.3) is 0 Å². The van der Waals surface area contributed by atoms with Gasteiger partial charge in [0.15, 0.2) is 0 Å². The lowest BCUT2D eigenvalue weighted by Gasteiger charge is -2.24. The molecule has 0 unspecified atom stereocenters. The maximum Gasteiger partial charge on any atom is 0.227 e. The van der Waals surface area contributed by atoms with Gasteiger partial charge in [0.2, 0.25) is 5.91 Å². The Hall–Kier alpha value is -1.79. The minimum Gasteiger partial charge on any atom is -0.384 e. The first-order valence-electron chi connectivity index (χ1n) is 6.22. The van der Waals surface area contributed by atoms with Crippen LogP contribution in [0.2, 0.25) is 0 Å². The van der Waals surface area contributed by atoms with Crippen molar-refractivity contribution in [2.75, 3.05) is 11.9 Å². The summed E-state index contributed by atoms with van der Waals surface area (Å²) in [4.78, 5) is 11.8. The number of nitrogens with one attached hydrogen (secondary N) is 1. The molecule has 1 saturated carbocycles. The minimum absolute atomic E-state index is 0.103. The second-order valence-electron chi connectivity index (χ2n) is 4.61. The van der Waals surface area contributed by atoms with Crippen LogP contribution in [0.4, 0.5) is 5.69 Å². The molecule has 0 atom stereocenters. The maximum atomic E-state index is 11.8. The molecule has 1 aliphatic rings. The van der Waals surface area contributed by atoms with Gasteiger partial charge in [0, 0.05) is 17.2 Å². The Morgan fingerprint density at radius 1 is 1.50 bits per heavy atom. The fraction of sp³-hybridized carbons (Fsp3) is 0.400. The Morgan fingerprint density at radius 3 is 2.89 bits per heavy atom. The number of hydrogen-bond donors (Lipinski definition) is 2. The van der Waals surface area contributed by atoms with E-state index in [4.69, 9.17) is 5.11 Å². The minimum atomic E-state index is -0.155. The smallest absolute Gasteiger partial charge is 0.227 e. The summed E-state index contributed by atoms with van der Waals surface area (Å²) in [5, 5.41) is 11.6. The van der Waals surface area contributed by atoms with E-state index in [0.29, 0.717) is 0 Å². The molecule has 0 saturated heterocycles. The number of rotatable bonds is 2. The molecule has 0 bridgehead atoms. The summed E-state index contributed by atoms with van der Waals surface area (Å²) >= 11 is 0. The molecule has 18 heavy (non-hydrogen) atoms. The van der Waals surface area contributed by atoms with Crippen molar-refractivity contribution >= 4 is 11.6 Å². The topological polar surface area (TPSA) is 49.3 Å². The molecule has 2 N–H and O–H groups in total. The van der Waals surface area contributed by atoms with Crippen LogP contribution in [-0.4, -0.2) is 17.6 Å². The molecule has 1 amide bonds. The zero-order valence-corrected chi connectivity index (χ0v) is 10.5. The number of hydrogen-bond acceptors (Lipinski definition) is 2. The first-order chi connectivity index (χ1) is 8.70. The summed E-state index contributed by atoms with van der Waals surface area (Å²) < 4.78 is 0. The molecule has 0 aliphatic heterocycles. The van der Waals surface area contributed by atoms with Crippen molar-refractivity contribution in [3.63, 3.8) is 0 Å². The molecular weight excluding hydrogens is 226 g/mol. The molecule has 1 aromatic carbocycles. The van der Waals surface area contributed by atoms with Crippen molar-refractivity contribution in [1.82, 2.24) is 0 Å². The number of aliphatic hydroxyl groups excluding tert-OH is 1. The molecule has 1 aliphatic carbocycles. The van der Waals surface area contributed by atoms with Crippen molar-refractivity contribution in [3.05, 3.63) is 29.3 Å². The van der Waals surface area contributed by atoms with E-state index < -0.39 is 0 Å². The summed E-state index contributed by atoms with van der Waals surface area (Å²) in [7, 11) is 0. The summed E-state index contributed by atoms with van der Waals surface area (Å²) in [5.74, 6) is 5.79. The second kappa shape index (κ2) is 5.70. The summed E-state index contributed by atoms with van der Waals surface area (Å²) in [6, 6.07) is 5.67. The Kier molecular flexibility index (Phi) is 4.01. The van der Waals surface area contributed by atoms with Gasteiger partial charge >= 0.3 is 0 Å². The largest absolute Gasteiger partial charge is 0.384 e. The third-order valence-corrected chi connectivity index (χ3v) is 3.28. The fourth-order valence-corrected chi connectivity index (χ4v) is 1.88. The van der Waals surface area contributed by atoms with E-state index in [1.165, 1.54) is 0 Å². The second-order valence-corrected chi connectivity index (χ2v) is 4.61. The van der Waals surface area contributed by atoms with E-state index in [2.05, 4.69) is 17.2 Å². The Labute approximate surface area is 107 Å². The van der Waals surface area contributed by atoms with Gasteiger partial charge in [-0.05, 0) is 37.5 Å². The average Bonchev–Trinajstić information content (AvgIpc) is 2.27. The van der Waals surface area contributed by atoms with Crippen molar-refractivity contribution in [3.8, 4) is 11.8 Å². The molecule has 0 aromatic heterocycles. The van der Waals surface area contributed by atoms with Gasteiger partial charge in [-0.1, -0.05) is 24.3 Å². The van der Waals surface area contributed by atoms with Crippen molar-refractivity contribution in [2.45, 2.75) is 26.2 Å². The zero-order valence-electron chi connectivity index (χ0n) is 10.5. The fourth-order valence-electron chi connectivity index (χ4n) is 1.88. The molecule has 0 spiro atoms. The van der Waals surface area contributed by atoms with E-state index in [0.717, 1.165) is 36.1 Å². The number of aryl methyl sites for hydroxylation is 1. The van der Waals surface area contributed by atoms with Crippen LogP contribution < -0.4 is 5.32 Å². The number of amides is 1. The van der Waals surface area contributed by atoms with Crippen LogP contribution in [0.1, 0.15) is 30.4 Å². The number of aliphatic hydroxyl groups is 1. The maximum absolute atomic E-state index is 11.8. The Morgan fingerprint density at radius 2 is 2.28 bits per heavy atom. The standard InChI is InChI=1S/C15H17NO2/c1-11-7-8-14(10-13(11)6-3-9-17)16-15(18)12-4-2-5-12/h7-8,10,12,17H,2,4-5,9H2,1H3,(H,16,18). The molecule has 1 aromatic rings. The van der Waals surface area contributed by atoms with E-state index in [-0.39, 0.29) is 18.4 Å². The normalized spacial score (nSPS) is 14.3. The van der Waals surface area contributed by atoms with Crippen molar-refractivity contribution in [1.29, 1.82) is 0 Å². The van der Waals surface area contributed by atoms with Crippen LogP contribution in [0, 0.1) is 24.7 Å². The highest BCUT2D eigenvalue weighted by Crippen LogP contribution is 2.27. The molecule has 1 fully saturated rings. The lowest BCUT2D eigenvalue weighted by atomic mass is 9.85. The molecule has 94 valence electrons. The van der Waals surface area contributed by atoms with Crippen LogP contribution in [0.15, 0.2) is 18.2 Å². The monoisotopic (exact) mass is 243 g/mol. The summed E-state index contributed by atoms with van der Waals surface area (Å²) in [6.45, 7) is 1.80. The van der Waals surface area contributed by atoms with Gasteiger partial charge in [0.05, 0.1) is 0 Å². The first-order valence-corrected chi connectivity index (χ1v) is 6.22. The molecule has 3 heteroatoms. The molecule has 0 radical (unpaired) electrons. The van der Waals surface area contributed by atoms with Gasteiger partial charge in [-0.25, -0.2) is 0 Å². The number of carbonyl (C=O) groups excluding carboxylic acids is 1. The van der Waals surface area contributed by atoms with Crippen LogP contribution in [-0.2, 0) is 4.79 Å². The Bertz CT molecular complexity index is 507. The third kappa shape index (κ3) is 2.91. The van der Waals surface area contributed by atoms with Crippen LogP contribution in [0.5, 0.6) is 0 Å². The van der Waals surface area contributed by atoms with Gasteiger partial charge in [0.1, 0.15) is 6.61 Å². The molecule has 3 nitrogen and oxygen atoms in total. The zero-order chi connectivity index (χ0) is 13.0. The third-order valence-electron chi connectivity index (χ3n) is 3.28. The predicted molar refractivity (Wildman–Crippen MR) is 71.1 cm³/mol. The predicted octanol–water partition coefficient (Wildman–Crippen LogP) is 2.08. The van der Waals surface area contributed by atoms with E-state index in [1.54, 1.807) is 0 Å². The highest BCUT2D eigenvalue weighted by Gasteiger charge is 2.25. The van der Waals surface area contributed by atoms with E-state index in [1.807, 2.05) is 25.1 Å². The SMILES string of the molecule is Cc1ccc(NC(=O)C2CCC2)cc1C#CCO. The van der Waals surface area contributed by atoms with Gasteiger partial charge in [-0.2, -0.15) is 0 Å². The molecular formula is C15H17NO2. The highest BCUT2D eigenvalue weighted by atomic mass is 16.2. The van der Waals surface area contributed by atoms with Gasteiger partial charge in [-0.15, -0.1) is 0 Å². The lowest BCUT2D eigenvalue weighted by Crippen LogP contribution is -2.28. The number of anilines is 1. The van der Waals surface area contributed by atoms with E-state index >= 15 is 0 Å². The van der Waals surface area contributed by atoms with Crippen LogP contribution in [0.3, 0.4) is 0 Å².